The van der Waals surface area contributed by atoms with Crippen LogP contribution in [0.15, 0.2) is 59.5 Å². The summed E-state index contributed by atoms with van der Waals surface area (Å²) in [6.07, 6.45) is 3.05. The van der Waals surface area contributed by atoms with Gasteiger partial charge in [-0.05, 0) is 42.7 Å². The van der Waals surface area contributed by atoms with Crippen molar-refractivity contribution in [1.82, 2.24) is 8.61 Å². The summed E-state index contributed by atoms with van der Waals surface area (Å²) in [5.74, 6) is -0.415. The molecule has 1 amide bonds. The Morgan fingerprint density at radius 2 is 1.68 bits per heavy atom. The van der Waals surface area contributed by atoms with Crippen LogP contribution in [-0.2, 0) is 31.4 Å². The Bertz CT molecular complexity index is 1120. The largest absolute Gasteiger partial charge is 0.325 e. The molecule has 0 radical (unpaired) electrons. The van der Waals surface area contributed by atoms with Gasteiger partial charge >= 0.3 is 0 Å². The summed E-state index contributed by atoms with van der Waals surface area (Å²) in [5, 5.41) is 2.71. The third-order valence-corrected chi connectivity index (χ3v) is 8.37. The summed E-state index contributed by atoms with van der Waals surface area (Å²) in [6.45, 7) is 0.562. The molecule has 2 aromatic rings. The van der Waals surface area contributed by atoms with Crippen molar-refractivity contribution < 1.29 is 21.6 Å². The number of carbonyl (C=O) groups excluding carboxylic acids is 1. The van der Waals surface area contributed by atoms with Gasteiger partial charge in [0.05, 0.1) is 11.2 Å². The van der Waals surface area contributed by atoms with Crippen molar-refractivity contribution in [3.05, 3.63) is 60.2 Å². The fraction of sp³-hybridized carbons (Fsp3) is 0.381. The lowest BCUT2D eigenvalue weighted by Crippen LogP contribution is -2.49. The molecule has 0 aromatic heterocycles. The first-order valence-electron chi connectivity index (χ1n) is 9.97. The lowest BCUT2D eigenvalue weighted by molar-refractivity contribution is -0.120. The second-order valence-electron chi connectivity index (χ2n) is 7.65. The summed E-state index contributed by atoms with van der Waals surface area (Å²) in [5.41, 5.74) is 1.29. The smallest absolute Gasteiger partial charge is 0.243 e. The highest BCUT2D eigenvalue weighted by Crippen LogP contribution is 2.23. The zero-order chi connectivity index (χ0) is 22.6. The molecule has 3 rings (SSSR count). The highest BCUT2D eigenvalue weighted by molar-refractivity contribution is 7.89. The first kappa shape index (κ1) is 23.4. The maximum Gasteiger partial charge on any atom is 0.243 e. The van der Waals surface area contributed by atoms with Crippen LogP contribution in [0.2, 0.25) is 0 Å². The summed E-state index contributed by atoms with van der Waals surface area (Å²) in [7, 11) is -5.67. The van der Waals surface area contributed by atoms with E-state index in [9.17, 15) is 21.6 Å². The minimum atomic E-state index is -3.70. The Morgan fingerprint density at radius 3 is 2.29 bits per heavy atom. The zero-order valence-electron chi connectivity index (χ0n) is 17.6. The number of amides is 1. The average molecular weight is 466 g/mol. The van der Waals surface area contributed by atoms with Gasteiger partial charge in [0.25, 0.3) is 0 Å². The van der Waals surface area contributed by atoms with E-state index in [1.165, 1.54) is 39.9 Å². The fourth-order valence-electron chi connectivity index (χ4n) is 3.61. The van der Waals surface area contributed by atoms with Crippen LogP contribution in [0.3, 0.4) is 0 Å². The predicted octanol–water partition coefficient (Wildman–Crippen LogP) is 2.26. The molecule has 1 aliphatic heterocycles. The Balaban J connectivity index is 1.70. The maximum atomic E-state index is 12.8. The molecule has 1 heterocycles. The Morgan fingerprint density at radius 1 is 1.03 bits per heavy atom. The van der Waals surface area contributed by atoms with E-state index < -0.39 is 32.0 Å². The average Bonchev–Trinajstić information content (AvgIpc) is 2.74. The number of nitrogens with zero attached hydrogens (tertiary/aromatic N) is 2. The van der Waals surface area contributed by atoms with Gasteiger partial charge in [0.15, 0.2) is 0 Å². The molecule has 0 bridgehead atoms. The van der Waals surface area contributed by atoms with Crippen LogP contribution in [-0.4, -0.2) is 57.2 Å². The molecule has 2 aromatic carbocycles. The normalized spacial score (nSPS) is 18.1. The van der Waals surface area contributed by atoms with E-state index in [1.807, 2.05) is 30.3 Å². The number of hydrogen-bond acceptors (Lipinski definition) is 5. The molecule has 10 heteroatoms. The lowest BCUT2D eigenvalue weighted by atomic mass is 10.0. The monoisotopic (exact) mass is 465 g/mol. The molecule has 1 N–H and O–H groups in total. The minimum Gasteiger partial charge on any atom is -0.325 e. The third-order valence-electron chi connectivity index (χ3n) is 5.26. The van der Waals surface area contributed by atoms with E-state index in [2.05, 4.69) is 5.32 Å². The number of carbonyl (C=O) groups is 1. The van der Waals surface area contributed by atoms with Crippen LogP contribution < -0.4 is 5.32 Å². The van der Waals surface area contributed by atoms with Crippen molar-refractivity contribution in [1.29, 1.82) is 0 Å². The SMILES string of the molecule is CN(Cc1ccccc1)S(=O)(=O)c1ccc(NC(=O)C2CCCCN2S(C)(=O)=O)cc1. The highest BCUT2D eigenvalue weighted by Gasteiger charge is 2.34. The molecule has 0 spiro atoms. The van der Waals surface area contributed by atoms with Crippen molar-refractivity contribution in [2.45, 2.75) is 36.7 Å². The number of piperidine rings is 1. The quantitative estimate of drug-likeness (QED) is 0.676. The van der Waals surface area contributed by atoms with Crippen LogP contribution >= 0.6 is 0 Å². The topological polar surface area (TPSA) is 104 Å². The summed E-state index contributed by atoms with van der Waals surface area (Å²) in [4.78, 5) is 12.8. The molecule has 0 aliphatic carbocycles. The minimum absolute atomic E-state index is 0.111. The van der Waals surface area contributed by atoms with Gasteiger partial charge in [-0.15, -0.1) is 0 Å². The number of hydrogen-bond donors (Lipinski definition) is 1. The Hall–Kier alpha value is -2.27. The van der Waals surface area contributed by atoms with Gasteiger partial charge < -0.3 is 5.32 Å². The molecule has 1 unspecified atom stereocenters. The van der Waals surface area contributed by atoms with Gasteiger partial charge in [0.2, 0.25) is 26.0 Å². The van der Waals surface area contributed by atoms with Gasteiger partial charge in [0.1, 0.15) is 6.04 Å². The van der Waals surface area contributed by atoms with Crippen LogP contribution in [0.4, 0.5) is 5.69 Å². The van der Waals surface area contributed by atoms with Crippen LogP contribution in [0, 0.1) is 0 Å². The molecule has 1 fully saturated rings. The molecule has 1 aliphatic rings. The number of rotatable bonds is 7. The molecule has 8 nitrogen and oxygen atoms in total. The van der Waals surface area contributed by atoms with Crippen LogP contribution in [0.25, 0.3) is 0 Å². The molecule has 0 saturated carbocycles. The van der Waals surface area contributed by atoms with Crippen molar-refractivity contribution in [2.24, 2.45) is 0 Å². The van der Waals surface area contributed by atoms with Crippen molar-refractivity contribution in [3.63, 3.8) is 0 Å². The summed E-state index contributed by atoms with van der Waals surface area (Å²) < 4.78 is 52.1. The standard InChI is InChI=1S/C21H27N3O5S2/c1-23(16-17-8-4-3-5-9-17)31(28,29)19-13-11-18(12-14-19)22-21(25)20-10-6-7-15-24(20)30(2,26)27/h3-5,8-9,11-14,20H,6-7,10,15-16H2,1-2H3,(H,22,25). The summed E-state index contributed by atoms with van der Waals surface area (Å²) >= 11 is 0. The van der Waals surface area contributed by atoms with Gasteiger partial charge in [-0.3, -0.25) is 4.79 Å². The molecular weight excluding hydrogens is 438 g/mol. The first-order chi connectivity index (χ1) is 14.6. The van der Waals surface area contributed by atoms with Gasteiger partial charge in [-0.25, -0.2) is 16.8 Å². The Labute approximate surface area is 184 Å². The van der Waals surface area contributed by atoms with E-state index in [-0.39, 0.29) is 11.4 Å². The van der Waals surface area contributed by atoms with E-state index in [0.717, 1.165) is 24.7 Å². The van der Waals surface area contributed by atoms with Gasteiger partial charge in [0, 0.05) is 25.8 Å². The molecule has 1 atom stereocenters. The summed E-state index contributed by atoms with van der Waals surface area (Å²) in [6, 6.07) is 14.4. The number of benzene rings is 2. The van der Waals surface area contributed by atoms with E-state index in [1.54, 1.807) is 0 Å². The van der Waals surface area contributed by atoms with Crippen LogP contribution in [0.1, 0.15) is 24.8 Å². The molecular formula is C21H27N3O5S2. The second kappa shape index (κ2) is 9.47. The van der Waals surface area contributed by atoms with E-state index in [4.69, 9.17) is 0 Å². The number of anilines is 1. The number of sulfonamides is 2. The van der Waals surface area contributed by atoms with Crippen molar-refractivity contribution in [3.8, 4) is 0 Å². The molecule has 1 saturated heterocycles. The van der Waals surface area contributed by atoms with E-state index >= 15 is 0 Å². The highest BCUT2D eigenvalue weighted by atomic mass is 32.2. The zero-order valence-corrected chi connectivity index (χ0v) is 19.2. The lowest BCUT2D eigenvalue weighted by Gasteiger charge is -2.32. The third kappa shape index (κ3) is 5.70. The van der Waals surface area contributed by atoms with Gasteiger partial charge in [-0.1, -0.05) is 36.8 Å². The van der Waals surface area contributed by atoms with E-state index in [0.29, 0.717) is 18.7 Å². The predicted molar refractivity (Wildman–Crippen MR) is 119 cm³/mol. The Kier molecular flexibility index (Phi) is 7.15. The maximum absolute atomic E-state index is 12.8. The van der Waals surface area contributed by atoms with Crippen LogP contribution in [0.5, 0.6) is 0 Å². The second-order valence-corrected chi connectivity index (χ2v) is 11.6. The van der Waals surface area contributed by atoms with Crippen molar-refractivity contribution in [2.75, 3.05) is 25.2 Å². The fourth-order valence-corrected chi connectivity index (χ4v) is 5.89. The molecule has 31 heavy (non-hydrogen) atoms. The van der Waals surface area contributed by atoms with Crippen molar-refractivity contribution >= 4 is 31.6 Å². The first-order valence-corrected chi connectivity index (χ1v) is 13.3. The molecule has 168 valence electrons. The number of nitrogens with one attached hydrogen (secondary N) is 1. The van der Waals surface area contributed by atoms with Gasteiger partial charge in [-0.2, -0.15) is 8.61 Å².